The molecule has 0 unspecified atom stereocenters. The summed E-state index contributed by atoms with van der Waals surface area (Å²) >= 11 is 0. The van der Waals surface area contributed by atoms with Gasteiger partial charge in [-0.2, -0.15) is 0 Å². The van der Waals surface area contributed by atoms with Crippen LogP contribution in [0.15, 0.2) is 30.3 Å². The number of nitrogens with zero attached hydrogens (tertiary/aromatic N) is 1. The van der Waals surface area contributed by atoms with Gasteiger partial charge >= 0.3 is 6.03 Å². The van der Waals surface area contributed by atoms with Crippen LogP contribution in [0.5, 0.6) is 0 Å². The Morgan fingerprint density at radius 1 is 1.38 bits per heavy atom. The van der Waals surface area contributed by atoms with Gasteiger partial charge in [0.1, 0.15) is 0 Å². The fraction of sp³-hybridized carbons (Fsp3) is 0.111. The Morgan fingerprint density at radius 3 is 2.50 bits per heavy atom. The first-order valence-corrected chi connectivity index (χ1v) is 4.22. The van der Waals surface area contributed by atoms with Gasteiger partial charge in [0.2, 0.25) is 0 Å². The zero-order valence-electron chi connectivity index (χ0n) is 8.22. The van der Waals surface area contributed by atoms with Gasteiger partial charge in [0.05, 0.1) is 6.54 Å². The van der Waals surface area contributed by atoms with Gasteiger partial charge in [-0.05, 0) is 5.56 Å². The van der Waals surface area contributed by atoms with Crippen molar-refractivity contribution in [1.29, 1.82) is 0 Å². The summed E-state index contributed by atoms with van der Waals surface area (Å²) < 4.78 is 0. The number of rotatable bonds is 4. The third-order valence-corrected chi connectivity index (χ3v) is 1.73. The predicted molar refractivity (Wildman–Crippen MR) is 53.5 cm³/mol. The number of amides is 3. The molecule has 0 saturated carbocycles. The second-order valence-corrected chi connectivity index (χ2v) is 2.74. The zero-order valence-corrected chi connectivity index (χ0v) is 10.6. The normalized spacial score (nSPS) is 8.56. The number of hydrogen-bond donors (Lipinski definition) is 3. The predicted octanol–water partition coefficient (Wildman–Crippen LogP) is -0.356. The molecule has 16 heavy (non-hydrogen) atoms. The van der Waals surface area contributed by atoms with Crippen LogP contribution in [0, 0.1) is 0 Å². The van der Waals surface area contributed by atoms with E-state index in [1.807, 2.05) is 35.8 Å². The van der Waals surface area contributed by atoms with Crippen LogP contribution in [0.3, 0.4) is 0 Å². The zero-order chi connectivity index (χ0) is 11.1. The molecule has 0 aliphatic rings. The van der Waals surface area contributed by atoms with Gasteiger partial charge in [-0.25, -0.2) is 10.6 Å². The summed E-state index contributed by atoms with van der Waals surface area (Å²) in [5.74, 6) is 4.95. The molecule has 0 aliphatic heterocycles. The monoisotopic (exact) mass is 464 g/mol. The molecule has 6 nitrogen and oxygen atoms in total. The summed E-state index contributed by atoms with van der Waals surface area (Å²) in [4.78, 5) is 21.3. The molecule has 0 bridgehead atoms. The van der Waals surface area contributed by atoms with Crippen LogP contribution in [0.4, 0.5) is 4.79 Å². The van der Waals surface area contributed by atoms with E-state index < -0.39 is 6.03 Å². The second kappa shape index (κ2) is 6.39. The molecule has 7 heteroatoms. The Hall–Kier alpha value is -3.08. The van der Waals surface area contributed by atoms with Crippen LogP contribution < -0.4 is 16.7 Å². The average Bonchev–Trinajstić information content (AvgIpc) is 2.29. The number of carbonyl (C=O) groups is 1. The largest absolute Gasteiger partial charge is 0.518 e. The minimum atomic E-state index is -0.609. The molecule has 0 aliphatic carbocycles. The smallest absolute Gasteiger partial charge is 0.348 e. The van der Waals surface area contributed by atoms with Crippen LogP contribution in [-0.2, 0) is 11.3 Å². The van der Waals surface area contributed by atoms with Crippen molar-refractivity contribution >= 4 is 12.4 Å². The van der Waals surface area contributed by atoms with E-state index in [4.69, 9.17) is 5.84 Å². The maximum absolute atomic E-state index is 11.2. The number of benzene rings is 1. The molecular weight excluding hydrogens is 453 g/mol. The molecular formula is C9H11FmN4O2-. The number of nitrogens with two attached hydrogens (primary N) is 1. The molecule has 92 valence electrons. The Bertz CT molecular complexity index is 334. The van der Waals surface area contributed by atoms with Crippen molar-refractivity contribution in [3.8, 4) is 0 Å². The number of hydrogen-bond acceptors (Lipinski definition) is 3. The molecule has 4 N–H and O–H groups in total. The topological polar surface area (TPSA) is 87.5 Å². The maximum Gasteiger partial charge on any atom is 0.348 e. The summed E-state index contributed by atoms with van der Waals surface area (Å²) in [5.41, 5.74) is 4.90. The molecule has 0 aromatic heterocycles. The van der Waals surface area contributed by atoms with E-state index in [0.717, 1.165) is 10.6 Å². The second-order valence-electron chi connectivity index (χ2n) is 2.74. The first kappa shape index (κ1) is 12.9. The van der Waals surface area contributed by atoms with Crippen molar-refractivity contribution in [2.45, 2.75) is 6.54 Å². The first-order valence-electron chi connectivity index (χ1n) is 4.22. The van der Waals surface area contributed by atoms with E-state index >= 15 is 0 Å². The van der Waals surface area contributed by atoms with Gasteiger partial charge in [-0.3, -0.25) is 10.4 Å². The fourth-order valence-corrected chi connectivity index (χ4v) is 1.06. The fourth-order valence-electron chi connectivity index (χ4n) is 1.06. The quantitative estimate of drug-likeness (QED) is 0.187. The Kier molecular flexibility index (Phi) is 5.16. The number of nitrogens with one attached hydrogen (secondary N) is 2. The maximum atomic E-state index is 11.2. The van der Waals surface area contributed by atoms with Gasteiger partial charge in [0.25, 0.3) is 0 Å². The minimum absolute atomic E-state index is 0. The van der Waals surface area contributed by atoms with Gasteiger partial charge in [-0.15, -0.1) is 6.41 Å². The summed E-state index contributed by atoms with van der Waals surface area (Å²) in [6.45, 7) is 0.221. The summed E-state index contributed by atoms with van der Waals surface area (Å²) in [6.07, 6.45) is 1.41. The SMILES string of the molecule is NNC(=O)N(Cc1ccccc1)N[C-]=O.[Fm]. The van der Waals surface area contributed by atoms with E-state index in [-0.39, 0.29) is 6.54 Å². The van der Waals surface area contributed by atoms with Crippen LogP contribution in [-0.4, -0.2) is 17.5 Å². The standard InChI is InChI=1S/C9H11N4O2.Fm/c10-12-9(15)13(11-7-14)6-8-4-2-1-3-5-8;/h1-5H,6,10H2,(H,11,14)(H,12,15);/q-1;. The van der Waals surface area contributed by atoms with E-state index in [9.17, 15) is 9.59 Å². The van der Waals surface area contributed by atoms with Crippen molar-refractivity contribution in [3.05, 3.63) is 35.9 Å². The first-order chi connectivity index (χ1) is 7.27. The molecule has 1 aromatic carbocycles. The van der Waals surface area contributed by atoms with E-state index in [2.05, 4.69) is 5.43 Å². The van der Waals surface area contributed by atoms with Crippen LogP contribution >= 0.6 is 0 Å². The van der Waals surface area contributed by atoms with Crippen LogP contribution in [0.1, 0.15) is 5.56 Å². The van der Waals surface area contributed by atoms with Crippen LogP contribution in [0.2, 0.25) is 0 Å². The van der Waals surface area contributed by atoms with Gasteiger partial charge in [0.15, 0.2) is 0 Å². The molecule has 0 fully saturated rings. The van der Waals surface area contributed by atoms with E-state index in [1.165, 1.54) is 6.41 Å². The van der Waals surface area contributed by atoms with E-state index in [1.54, 1.807) is 0 Å². The molecule has 3 amide bonds. The number of urea groups is 1. The molecule has 1 aromatic rings. The summed E-state index contributed by atoms with van der Waals surface area (Å²) in [7, 11) is 0. The Morgan fingerprint density at radius 2 is 2.00 bits per heavy atom. The molecule has 0 radical (unpaired) electrons. The summed E-state index contributed by atoms with van der Waals surface area (Å²) in [5, 5.41) is 1.02. The van der Waals surface area contributed by atoms with Crippen molar-refractivity contribution in [2.75, 3.05) is 0 Å². The minimum Gasteiger partial charge on any atom is -0.518 e. The number of hydrazine groups is 2. The average molecular weight is 464 g/mol. The third kappa shape index (κ3) is 3.35. The van der Waals surface area contributed by atoms with Gasteiger partial charge < -0.3 is 10.2 Å². The molecule has 1 rings (SSSR count). The van der Waals surface area contributed by atoms with Crippen LogP contribution in [0.25, 0.3) is 0 Å². The Balaban J connectivity index is 0.00000225. The molecule has 0 saturated heterocycles. The van der Waals surface area contributed by atoms with Crippen molar-refractivity contribution in [1.82, 2.24) is 15.9 Å². The van der Waals surface area contributed by atoms with Crippen molar-refractivity contribution in [3.63, 3.8) is 0 Å². The molecule has 0 spiro atoms. The Labute approximate surface area is 87.0 Å². The molecule has 0 heterocycles. The van der Waals surface area contributed by atoms with Crippen molar-refractivity contribution in [2.24, 2.45) is 5.84 Å². The van der Waals surface area contributed by atoms with Gasteiger partial charge in [-0.1, -0.05) is 30.3 Å². The van der Waals surface area contributed by atoms with Crippen molar-refractivity contribution < 1.29 is 9.59 Å². The van der Waals surface area contributed by atoms with Gasteiger partial charge in [0, 0.05) is 0 Å². The third-order valence-electron chi connectivity index (χ3n) is 1.73. The number of carbonyl (C=O) groups excluding carboxylic acids is 2. The molecule has 0 atom stereocenters. The van der Waals surface area contributed by atoms with E-state index in [0.29, 0.717) is 0 Å². The summed E-state index contributed by atoms with van der Waals surface area (Å²) in [6, 6.07) is 8.56.